The van der Waals surface area contributed by atoms with Crippen LogP contribution < -0.4 is 5.32 Å². The van der Waals surface area contributed by atoms with Crippen LogP contribution in [0.5, 0.6) is 0 Å². The highest BCUT2D eigenvalue weighted by Gasteiger charge is 2.26. The Morgan fingerprint density at radius 1 is 1.12 bits per heavy atom. The Kier molecular flexibility index (Phi) is 3.61. The summed E-state index contributed by atoms with van der Waals surface area (Å²) in [4.78, 5) is 16.3. The molecule has 0 aliphatic heterocycles. The number of aromatic nitrogens is 1. The second kappa shape index (κ2) is 5.81. The van der Waals surface area contributed by atoms with Crippen molar-refractivity contribution in [3.63, 3.8) is 0 Å². The predicted molar refractivity (Wildman–Crippen MR) is 97.8 cm³/mol. The van der Waals surface area contributed by atoms with Crippen LogP contribution in [0.4, 0.5) is 10.2 Å². The number of aryl methyl sites for hydroxylation is 1. The summed E-state index contributed by atoms with van der Waals surface area (Å²) in [5.41, 5.74) is 3.64. The van der Waals surface area contributed by atoms with E-state index in [1.54, 1.807) is 18.3 Å². The van der Waals surface area contributed by atoms with Gasteiger partial charge in [0.15, 0.2) is 0 Å². The van der Waals surface area contributed by atoms with Gasteiger partial charge in [-0.1, -0.05) is 31.2 Å². The zero-order chi connectivity index (χ0) is 17.6. The van der Waals surface area contributed by atoms with Gasteiger partial charge in [-0.25, -0.2) is 9.37 Å². The SMILES string of the molecule is Cc1ccc(F)cc1-c1ccc2cc(NC(=O)C3=C[C@@H]3C)ncc2c1. The molecule has 1 aliphatic carbocycles. The van der Waals surface area contributed by atoms with Gasteiger partial charge in [-0.2, -0.15) is 0 Å². The van der Waals surface area contributed by atoms with Crippen molar-refractivity contribution in [1.29, 1.82) is 0 Å². The molecule has 1 aromatic heterocycles. The number of benzene rings is 2. The first-order valence-corrected chi connectivity index (χ1v) is 8.21. The normalized spacial score (nSPS) is 15.8. The van der Waals surface area contributed by atoms with Crippen LogP contribution >= 0.6 is 0 Å². The van der Waals surface area contributed by atoms with Crippen LogP contribution in [-0.4, -0.2) is 10.9 Å². The number of fused-ring (bicyclic) bond motifs is 1. The number of hydrogen-bond donors (Lipinski definition) is 1. The summed E-state index contributed by atoms with van der Waals surface area (Å²) in [5.74, 6) is 0.455. The van der Waals surface area contributed by atoms with Gasteiger partial charge < -0.3 is 5.32 Å². The first-order chi connectivity index (χ1) is 12.0. The third-order valence-electron chi connectivity index (χ3n) is 4.55. The molecule has 2 aromatic carbocycles. The van der Waals surface area contributed by atoms with Crippen LogP contribution in [0.3, 0.4) is 0 Å². The lowest BCUT2D eigenvalue weighted by atomic mass is 9.98. The van der Waals surface area contributed by atoms with E-state index in [-0.39, 0.29) is 17.6 Å². The van der Waals surface area contributed by atoms with E-state index in [0.717, 1.165) is 33.0 Å². The van der Waals surface area contributed by atoms with Gasteiger partial charge in [0.05, 0.1) is 0 Å². The Balaban J connectivity index is 1.66. The van der Waals surface area contributed by atoms with Crippen molar-refractivity contribution in [3.8, 4) is 11.1 Å². The number of rotatable bonds is 3. The van der Waals surface area contributed by atoms with E-state index < -0.39 is 0 Å². The highest BCUT2D eigenvalue weighted by atomic mass is 19.1. The summed E-state index contributed by atoms with van der Waals surface area (Å²) in [7, 11) is 0. The van der Waals surface area contributed by atoms with Crippen LogP contribution in [0.25, 0.3) is 21.9 Å². The molecule has 4 heteroatoms. The number of carbonyl (C=O) groups is 1. The smallest absolute Gasteiger partial charge is 0.253 e. The molecule has 1 aliphatic rings. The lowest BCUT2D eigenvalue weighted by Crippen LogP contribution is -2.12. The van der Waals surface area contributed by atoms with Crippen LogP contribution in [0.1, 0.15) is 12.5 Å². The van der Waals surface area contributed by atoms with E-state index >= 15 is 0 Å². The molecule has 0 saturated carbocycles. The molecule has 1 heterocycles. The molecule has 0 saturated heterocycles. The maximum Gasteiger partial charge on any atom is 0.253 e. The van der Waals surface area contributed by atoms with Crippen molar-refractivity contribution in [2.45, 2.75) is 13.8 Å². The number of anilines is 1. The summed E-state index contributed by atoms with van der Waals surface area (Å²) in [6.45, 7) is 3.95. The number of nitrogens with zero attached hydrogens (tertiary/aromatic N) is 1. The molecule has 1 N–H and O–H groups in total. The fourth-order valence-electron chi connectivity index (χ4n) is 2.97. The Morgan fingerprint density at radius 3 is 2.68 bits per heavy atom. The van der Waals surface area contributed by atoms with Crippen molar-refractivity contribution in [1.82, 2.24) is 4.98 Å². The van der Waals surface area contributed by atoms with Crippen LogP contribution in [0.2, 0.25) is 0 Å². The van der Waals surface area contributed by atoms with Gasteiger partial charge in [-0.3, -0.25) is 4.79 Å². The molecule has 0 bridgehead atoms. The molecule has 3 nitrogen and oxygen atoms in total. The molecule has 3 aromatic rings. The van der Waals surface area contributed by atoms with Crippen molar-refractivity contribution in [2.24, 2.45) is 5.92 Å². The monoisotopic (exact) mass is 332 g/mol. The van der Waals surface area contributed by atoms with Crippen LogP contribution in [0.15, 0.2) is 60.3 Å². The van der Waals surface area contributed by atoms with Crippen molar-refractivity contribution >= 4 is 22.5 Å². The van der Waals surface area contributed by atoms with E-state index in [0.29, 0.717) is 5.82 Å². The fourth-order valence-corrected chi connectivity index (χ4v) is 2.97. The molecule has 25 heavy (non-hydrogen) atoms. The minimum absolute atomic E-state index is 0.0913. The van der Waals surface area contributed by atoms with Gasteiger partial charge in [-0.05, 0) is 53.3 Å². The Morgan fingerprint density at radius 2 is 1.92 bits per heavy atom. The zero-order valence-corrected chi connectivity index (χ0v) is 14.0. The molecule has 1 amide bonds. The topological polar surface area (TPSA) is 42.0 Å². The van der Waals surface area contributed by atoms with Gasteiger partial charge in [0, 0.05) is 23.1 Å². The fraction of sp³-hybridized carbons (Fsp3) is 0.143. The lowest BCUT2D eigenvalue weighted by Gasteiger charge is -2.09. The Labute approximate surface area is 145 Å². The molecule has 0 spiro atoms. The molecular weight excluding hydrogens is 315 g/mol. The highest BCUT2D eigenvalue weighted by molar-refractivity contribution is 6.07. The lowest BCUT2D eigenvalue weighted by molar-refractivity contribution is -0.112. The van der Waals surface area contributed by atoms with E-state index in [1.165, 1.54) is 6.07 Å². The number of hydrogen-bond acceptors (Lipinski definition) is 2. The number of amides is 1. The van der Waals surface area contributed by atoms with Crippen molar-refractivity contribution in [3.05, 3.63) is 71.7 Å². The second-order valence-corrected chi connectivity index (χ2v) is 6.46. The first kappa shape index (κ1) is 15.5. The van der Waals surface area contributed by atoms with Crippen LogP contribution in [-0.2, 0) is 4.79 Å². The number of nitrogens with one attached hydrogen (secondary N) is 1. The van der Waals surface area contributed by atoms with Gasteiger partial charge in [0.25, 0.3) is 5.91 Å². The molecule has 0 fully saturated rings. The van der Waals surface area contributed by atoms with E-state index in [4.69, 9.17) is 0 Å². The predicted octanol–water partition coefficient (Wildman–Crippen LogP) is 4.86. The molecule has 1 atom stereocenters. The van der Waals surface area contributed by atoms with Crippen molar-refractivity contribution < 1.29 is 9.18 Å². The van der Waals surface area contributed by atoms with E-state index in [9.17, 15) is 9.18 Å². The minimum Gasteiger partial charge on any atom is -0.307 e. The Bertz CT molecular complexity index is 1040. The van der Waals surface area contributed by atoms with E-state index in [1.807, 2.05) is 44.2 Å². The number of halogens is 1. The summed E-state index contributed by atoms with van der Waals surface area (Å²) >= 11 is 0. The molecule has 0 radical (unpaired) electrons. The summed E-state index contributed by atoms with van der Waals surface area (Å²) in [5, 5.41) is 4.74. The van der Waals surface area contributed by atoms with Gasteiger partial charge >= 0.3 is 0 Å². The molecule has 124 valence electrons. The largest absolute Gasteiger partial charge is 0.307 e. The Hall–Kier alpha value is -3.01. The summed E-state index contributed by atoms with van der Waals surface area (Å²) in [6.07, 6.45) is 3.65. The average molecular weight is 332 g/mol. The van der Waals surface area contributed by atoms with Gasteiger partial charge in [0.1, 0.15) is 11.6 Å². The van der Waals surface area contributed by atoms with Crippen LogP contribution in [0, 0.1) is 18.7 Å². The van der Waals surface area contributed by atoms with Crippen molar-refractivity contribution in [2.75, 3.05) is 5.32 Å². The maximum atomic E-state index is 13.6. The van der Waals surface area contributed by atoms with Gasteiger partial charge in [0.2, 0.25) is 0 Å². The third kappa shape index (κ3) is 3.03. The maximum absolute atomic E-state index is 13.6. The number of pyridine rings is 1. The van der Waals surface area contributed by atoms with E-state index in [2.05, 4.69) is 10.3 Å². The summed E-state index contributed by atoms with van der Waals surface area (Å²) in [6, 6.07) is 12.5. The molecule has 4 rings (SSSR count). The molecular formula is C21H17FN2O. The first-order valence-electron chi connectivity index (χ1n) is 8.21. The quantitative estimate of drug-likeness (QED) is 0.744. The highest BCUT2D eigenvalue weighted by Crippen LogP contribution is 2.30. The van der Waals surface area contributed by atoms with Gasteiger partial charge in [-0.15, -0.1) is 0 Å². The second-order valence-electron chi connectivity index (χ2n) is 6.46. The number of carbonyl (C=O) groups excluding carboxylic acids is 1. The standard InChI is InChI=1S/C21H17FN2O/c1-12-3-6-17(22)10-18(12)15-5-4-14-9-20(23-11-16(14)8-15)24-21(25)19-7-13(19)2/h3-11,13H,1-2H3,(H,23,24,25)/t13-/m0/s1. The third-order valence-corrected chi connectivity index (χ3v) is 4.55. The minimum atomic E-state index is -0.250. The summed E-state index contributed by atoms with van der Waals surface area (Å²) < 4.78 is 13.6. The molecule has 0 unspecified atom stereocenters. The average Bonchev–Trinajstić information content (AvgIpc) is 3.33. The zero-order valence-electron chi connectivity index (χ0n) is 14.0. The number of allylic oxidation sites excluding steroid dienone is 1.